The van der Waals surface area contributed by atoms with E-state index in [4.69, 9.17) is 0 Å². The molecule has 1 N–H and O–H groups in total. The molecule has 0 bridgehead atoms. The zero-order chi connectivity index (χ0) is 21.3. The first-order valence-electron chi connectivity index (χ1n) is 10.2. The Bertz CT molecular complexity index is 1590. The molecule has 6 nitrogen and oxygen atoms in total. The molecular formula is C26H17IrN6. The van der Waals surface area contributed by atoms with Crippen molar-refractivity contribution in [1.29, 1.82) is 0 Å². The number of nitrogens with one attached hydrogen (secondary N) is 1. The summed E-state index contributed by atoms with van der Waals surface area (Å²) >= 11 is 0. The van der Waals surface area contributed by atoms with E-state index in [0.29, 0.717) is 0 Å². The molecule has 160 valence electrons. The Morgan fingerprint density at radius 2 is 1.82 bits per heavy atom. The maximum Gasteiger partial charge on any atom is 3.00 e. The minimum atomic E-state index is 0. The largest absolute Gasteiger partial charge is 3.00 e. The molecule has 0 saturated heterocycles. The third-order valence-corrected chi connectivity index (χ3v) is 5.36. The van der Waals surface area contributed by atoms with E-state index in [2.05, 4.69) is 48.9 Å². The van der Waals surface area contributed by atoms with Crippen molar-refractivity contribution in [2.45, 2.75) is 0 Å². The Morgan fingerprint density at radius 1 is 0.909 bits per heavy atom. The van der Waals surface area contributed by atoms with Crippen LogP contribution in [0.25, 0.3) is 38.4 Å². The molecule has 0 radical (unpaired) electrons. The molecule has 0 atom stereocenters. The van der Waals surface area contributed by atoms with Crippen molar-refractivity contribution in [1.82, 2.24) is 24.7 Å². The number of para-hydroxylation sites is 2. The molecule has 7 heteroatoms. The van der Waals surface area contributed by atoms with Crippen LogP contribution in [0.3, 0.4) is 0 Å². The van der Waals surface area contributed by atoms with Crippen molar-refractivity contribution < 1.29 is 20.1 Å². The molecule has 1 aliphatic rings. The molecule has 5 heterocycles. The van der Waals surface area contributed by atoms with E-state index in [-0.39, 0.29) is 20.1 Å². The summed E-state index contributed by atoms with van der Waals surface area (Å²) < 4.78 is 2.14. The molecule has 7 rings (SSSR count). The number of pyridine rings is 2. The molecule has 33 heavy (non-hydrogen) atoms. The summed E-state index contributed by atoms with van der Waals surface area (Å²) in [6, 6.07) is 26.6. The molecule has 0 amide bonds. The number of hydrogen-bond acceptors (Lipinski definition) is 5. The number of nitrogens with zero attached hydrogens (tertiary/aromatic N) is 5. The molecule has 1 aliphatic heterocycles. The van der Waals surface area contributed by atoms with E-state index in [1.54, 1.807) is 12.5 Å². The average Bonchev–Trinajstić information content (AvgIpc) is 3.54. The van der Waals surface area contributed by atoms with E-state index in [0.717, 1.165) is 44.0 Å². The molecule has 4 aromatic heterocycles. The van der Waals surface area contributed by atoms with Crippen LogP contribution >= 0.6 is 0 Å². The predicted octanol–water partition coefficient (Wildman–Crippen LogP) is 4.87. The van der Waals surface area contributed by atoms with Gasteiger partial charge in [0, 0.05) is 11.7 Å². The third-order valence-electron chi connectivity index (χ3n) is 5.36. The zero-order valence-electron chi connectivity index (χ0n) is 17.3. The second-order valence-corrected chi connectivity index (χ2v) is 7.25. The van der Waals surface area contributed by atoms with Gasteiger partial charge in [-0.05, 0) is 34.9 Å². The van der Waals surface area contributed by atoms with Crippen LogP contribution in [0.15, 0.2) is 91.8 Å². The molecule has 0 unspecified atom stereocenters. The fourth-order valence-corrected chi connectivity index (χ4v) is 3.96. The van der Waals surface area contributed by atoms with E-state index in [1.165, 1.54) is 0 Å². The Kier molecular flexibility index (Phi) is 5.73. The Hall–Kier alpha value is -3.80. The first kappa shape index (κ1) is 21.1. The van der Waals surface area contributed by atoms with Crippen LogP contribution in [-0.4, -0.2) is 19.4 Å². The van der Waals surface area contributed by atoms with Crippen LogP contribution in [0.4, 0.5) is 5.69 Å². The van der Waals surface area contributed by atoms with E-state index >= 15 is 0 Å². The quantitative estimate of drug-likeness (QED) is 0.214. The fraction of sp³-hybridized carbons (Fsp3) is 0. The number of benzene rings is 2. The van der Waals surface area contributed by atoms with Crippen LogP contribution in [0, 0.1) is 18.8 Å². The number of aromatic nitrogens is 4. The van der Waals surface area contributed by atoms with Crippen LogP contribution < -0.4 is 10.2 Å². The number of hydrogen-bond donors (Lipinski definition) is 1. The van der Waals surface area contributed by atoms with Crippen molar-refractivity contribution in [2.24, 2.45) is 0 Å². The van der Waals surface area contributed by atoms with Crippen molar-refractivity contribution in [3.8, 4) is 0 Å². The Labute approximate surface area is 204 Å². The van der Waals surface area contributed by atoms with Gasteiger partial charge in [0.15, 0.2) is 0 Å². The van der Waals surface area contributed by atoms with E-state index in [1.807, 2.05) is 78.7 Å². The van der Waals surface area contributed by atoms with Gasteiger partial charge in [-0.15, -0.1) is 29.3 Å². The topological polar surface area (TPSA) is 58.4 Å². The van der Waals surface area contributed by atoms with Gasteiger partial charge in [0.2, 0.25) is 0 Å². The number of fused-ring (bicyclic) bond motifs is 8. The maximum absolute atomic E-state index is 4.54. The smallest absolute Gasteiger partial charge is 0.521 e. The average molecular weight is 606 g/mol. The van der Waals surface area contributed by atoms with Gasteiger partial charge in [0.05, 0.1) is 17.2 Å². The van der Waals surface area contributed by atoms with Gasteiger partial charge in [-0.1, -0.05) is 18.2 Å². The SMILES string of the molecule is [Ir+3].[c-]1c2ccccc2n2c1c1ncccc1c1ncncc12.[c-]1ccccc1N1C=CN[CH-]1. The van der Waals surface area contributed by atoms with Crippen LogP contribution in [0.1, 0.15) is 0 Å². The minimum absolute atomic E-state index is 0. The molecular weight excluding hydrogens is 589 g/mol. The summed E-state index contributed by atoms with van der Waals surface area (Å²) in [5.74, 6) is 0. The van der Waals surface area contributed by atoms with E-state index < -0.39 is 0 Å². The third kappa shape index (κ3) is 3.71. The molecule has 2 aromatic carbocycles. The molecule has 0 fully saturated rings. The van der Waals surface area contributed by atoms with Crippen LogP contribution in [0.2, 0.25) is 0 Å². The summed E-state index contributed by atoms with van der Waals surface area (Å²) in [5.41, 5.74) is 5.92. The van der Waals surface area contributed by atoms with Gasteiger partial charge in [-0.2, -0.15) is 37.0 Å². The first-order chi connectivity index (χ1) is 15.9. The monoisotopic (exact) mass is 606 g/mol. The van der Waals surface area contributed by atoms with Crippen LogP contribution in [-0.2, 0) is 20.1 Å². The zero-order valence-corrected chi connectivity index (χ0v) is 19.7. The maximum atomic E-state index is 4.54. The van der Waals surface area contributed by atoms with Gasteiger partial charge >= 0.3 is 20.1 Å². The summed E-state index contributed by atoms with van der Waals surface area (Å²) in [6.07, 6.45) is 9.06. The summed E-state index contributed by atoms with van der Waals surface area (Å²) in [5, 5.41) is 5.07. The Morgan fingerprint density at radius 3 is 2.67 bits per heavy atom. The first-order valence-corrected chi connectivity index (χ1v) is 10.2. The predicted molar refractivity (Wildman–Crippen MR) is 126 cm³/mol. The van der Waals surface area contributed by atoms with Gasteiger partial charge in [0.1, 0.15) is 6.33 Å². The van der Waals surface area contributed by atoms with Gasteiger partial charge in [-0.3, -0.25) is 0 Å². The second kappa shape index (κ2) is 8.98. The van der Waals surface area contributed by atoms with Gasteiger partial charge in [0.25, 0.3) is 0 Å². The Balaban J connectivity index is 0.000000162. The molecule has 0 saturated carbocycles. The minimum Gasteiger partial charge on any atom is -0.521 e. The molecule has 6 aromatic rings. The molecule has 0 aliphatic carbocycles. The summed E-state index contributed by atoms with van der Waals surface area (Å²) in [4.78, 5) is 15.2. The normalized spacial score (nSPS) is 12.5. The van der Waals surface area contributed by atoms with Crippen molar-refractivity contribution >= 4 is 44.0 Å². The summed E-state index contributed by atoms with van der Waals surface area (Å²) in [7, 11) is 0. The summed E-state index contributed by atoms with van der Waals surface area (Å²) in [6.45, 7) is 1.88. The standard InChI is InChI=1S/C17H9N4.C9H8N2.Ir/c1-2-6-13-11(4-1)8-14-16-12(5-3-7-19-16)17-15(21(13)14)9-18-10-20-17;1-2-4-9(5-3-1)11-7-6-10-8-11;/h1-7,9-10H;1-4,6-8,10H;/q-1;-2;+3. The van der Waals surface area contributed by atoms with E-state index in [9.17, 15) is 0 Å². The number of anilines is 1. The van der Waals surface area contributed by atoms with Crippen molar-refractivity contribution in [3.63, 3.8) is 0 Å². The molecule has 0 spiro atoms. The number of rotatable bonds is 1. The van der Waals surface area contributed by atoms with Gasteiger partial charge in [-0.25, -0.2) is 9.97 Å². The van der Waals surface area contributed by atoms with Crippen molar-refractivity contribution in [2.75, 3.05) is 4.90 Å². The fourth-order valence-electron chi connectivity index (χ4n) is 3.96. The van der Waals surface area contributed by atoms with Gasteiger partial charge < -0.3 is 19.6 Å². The second-order valence-electron chi connectivity index (χ2n) is 7.25. The van der Waals surface area contributed by atoms with Crippen LogP contribution in [0.5, 0.6) is 0 Å². The van der Waals surface area contributed by atoms with Crippen molar-refractivity contribution in [3.05, 3.63) is 111 Å².